The third-order valence-corrected chi connectivity index (χ3v) is 4.79. The fourth-order valence-corrected chi connectivity index (χ4v) is 3.50. The summed E-state index contributed by atoms with van der Waals surface area (Å²) in [5, 5.41) is 0. The minimum absolute atomic E-state index is 0.286. The molecular weight excluding hydrogens is 270 g/mol. The molecule has 0 amide bonds. The molecule has 20 heavy (non-hydrogen) atoms. The predicted octanol–water partition coefficient (Wildman–Crippen LogP) is 3.39. The summed E-state index contributed by atoms with van der Waals surface area (Å²) in [6.07, 6.45) is 1.57. The molecule has 0 spiro atoms. The van der Waals surface area contributed by atoms with E-state index in [1.165, 1.54) is 3.97 Å². The van der Waals surface area contributed by atoms with Gasteiger partial charge in [-0.25, -0.2) is 12.4 Å². The average molecular weight is 283 g/mol. The van der Waals surface area contributed by atoms with Gasteiger partial charge in [-0.1, -0.05) is 48.5 Å². The van der Waals surface area contributed by atoms with E-state index in [0.29, 0.717) is 5.69 Å². The molecule has 0 atom stereocenters. The highest BCUT2D eigenvalue weighted by atomic mass is 32.2. The number of hydrogen-bond acceptors (Lipinski definition) is 2. The van der Waals surface area contributed by atoms with Gasteiger partial charge in [-0.05, 0) is 29.8 Å². The highest BCUT2D eigenvalue weighted by Crippen LogP contribution is 2.24. The van der Waals surface area contributed by atoms with Crippen molar-refractivity contribution in [3.05, 3.63) is 79.0 Å². The summed E-state index contributed by atoms with van der Waals surface area (Å²) in [6.45, 7) is 0. The Morgan fingerprint density at radius 2 is 1.30 bits per heavy atom. The molecule has 0 saturated heterocycles. The van der Waals surface area contributed by atoms with E-state index in [1.54, 1.807) is 48.7 Å². The Hall–Kier alpha value is -2.33. The maximum atomic E-state index is 12.7. The Bertz CT molecular complexity index is 806. The lowest BCUT2D eigenvalue weighted by molar-refractivity contribution is 0.588. The van der Waals surface area contributed by atoms with Crippen LogP contribution in [0.25, 0.3) is 11.3 Å². The SMILES string of the molecule is O=S(=O)(c1ccccc1)n1cccc1-c1ccccc1. The van der Waals surface area contributed by atoms with E-state index < -0.39 is 10.0 Å². The quantitative estimate of drug-likeness (QED) is 0.739. The molecule has 0 fully saturated rings. The van der Waals surface area contributed by atoms with Crippen molar-refractivity contribution in [2.24, 2.45) is 0 Å². The molecule has 0 aliphatic carbocycles. The Morgan fingerprint density at radius 3 is 1.95 bits per heavy atom. The molecule has 2 aromatic carbocycles. The van der Waals surface area contributed by atoms with E-state index in [4.69, 9.17) is 0 Å². The number of aromatic nitrogens is 1. The van der Waals surface area contributed by atoms with E-state index in [0.717, 1.165) is 5.56 Å². The molecule has 100 valence electrons. The van der Waals surface area contributed by atoms with Gasteiger partial charge in [0.1, 0.15) is 0 Å². The van der Waals surface area contributed by atoms with Crippen LogP contribution >= 0.6 is 0 Å². The van der Waals surface area contributed by atoms with Crippen molar-refractivity contribution in [3.63, 3.8) is 0 Å². The van der Waals surface area contributed by atoms with E-state index in [-0.39, 0.29) is 4.90 Å². The molecule has 0 aliphatic heterocycles. The Labute approximate surface area is 118 Å². The molecule has 0 saturated carbocycles. The third-order valence-electron chi connectivity index (χ3n) is 3.08. The van der Waals surface area contributed by atoms with Crippen LogP contribution in [0.4, 0.5) is 0 Å². The zero-order valence-corrected chi connectivity index (χ0v) is 11.5. The molecule has 0 unspecified atom stereocenters. The van der Waals surface area contributed by atoms with Crippen LogP contribution in [0.2, 0.25) is 0 Å². The smallest absolute Gasteiger partial charge is 0.241 e. The van der Waals surface area contributed by atoms with E-state index >= 15 is 0 Å². The van der Waals surface area contributed by atoms with Crippen molar-refractivity contribution in [1.82, 2.24) is 3.97 Å². The fourth-order valence-electron chi connectivity index (χ4n) is 2.11. The van der Waals surface area contributed by atoms with Crippen LogP contribution in [0.3, 0.4) is 0 Å². The van der Waals surface area contributed by atoms with Crippen LogP contribution in [-0.4, -0.2) is 12.4 Å². The molecule has 3 aromatic rings. The molecule has 0 N–H and O–H groups in total. The normalized spacial score (nSPS) is 11.4. The summed E-state index contributed by atoms with van der Waals surface area (Å²) < 4.78 is 26.6. The van der Waals surface area contributed by atoms with Crippen molar-refractivity contribution < 1.29 is 8.42 Å². The molecule has 0 bridgehead atoms. The van der Waals surface area contributed by atoms with Crippen molar-refractivity contribution in [2.45, 2.75) is 4.90 Å². The zero-order chi connectivity index (χ0) is 14.0. The first kappa shape index (κ1) is 12.7. The van der Waals surface area contributed by atoms with E-state index in [2.05, 4.69) is 0 Å². The Kier molecular flexibility index (Phi) is 3.16. The maximum Gasteiger partial charge on any atom is 0.268 e. The van der Waals surface area contributed by atoms with Crippen LogP contribution < -0.4 is 0 Å². The van der Waals surface area contributed by atoms with Crippen molar-refractivity contribution in [3.8, 4) is 11.3 Å². The zero-order valence-electron chi connectivity index (χ0n) is 10.7. The van der Waals surface area contributed by atoms with Crippen LogP contribution in [0.5, 0.6) is 0 Å². The van der Waals surface area contributed by atoms with Crippen LogP contribution in [-0.2, 0) is 10.0 Å². The highest BCUT2D eigenvalue weighted by Gasteiger charge is 2.19. The minimum atomic E-state index is -3.56. The van der Waals surface area contributed by atoms with E-state index in [9.17, 15) is 8.42 Å². The highest BCUT2D eigenvalue weighted by molar-refractivity contribution is 7.90. The summed E-state index contributed by atoms with van der Waals surface area (Å²) in [4.78, 5) is 0.286. The molecule has 3 rings (SSSR count). The molecule has 4 heteroatoms. The van der Waals surface area contributed by atoms with Gasteiger partial charge in [0.25, 0.3) is 10.0 Å². The summed E-state index contributed by atoms with van der Waals surface area (Å²) in [5.74, 6) is 0. The van der Waals surface area contributed by atoms with Crippen molar-refractivity contribution in [1.29, 1.82) is 0 Å². The van der Waals surface area contributed by atoms with Crippen LogP contribution in [0, 0.1) is 0 Å². The number of rotatable bonds is 3. The van der Waals surface area contributed by atoms with E-state index in [1.807, 2.05) is 30.3 Å². The van der Waals surface area contributed by atoms with Gasteiger partial charge in [-0.2, -0.15) is 0 Å². The molecule has 0 radical (unpaired) electrons. The lowest BCUT2D eigenvalue weighted by atomic mass is 10.2. The lowest BCUT2D eigenvalue weighted by Gasteiger charge is -2.10. The maximum absolute atomic E-state index is 12.7. The molecule has 1 heterocycles. The molecule has 3 nitrogen and oxygen atoms in total. The lowest BCUT2D eigenvalue weighted by Crippen LogP contribution is -2.12. The van der Waals surface area contributed by atoms with Gasteiger partial charge >= 0.3 is 0 Å². The largest absolute Gasteiger partial charge is 0.268 e. The summed E-state index contributed by atoms with van der Waals surface area (Å²) in [6, 6.07) is 21.5. The van der Waals surface area contributed by atoms with Gasteiger partial charge in [-0.15, -0.1) is 0 Å². The second-order valence-electron chi connectivity index (χ2n) is 4.37. The standard InChI is InChI=1S/C16H13NO2S/c18-20(19,15-10-5-2-6-11-15)17-13-7-12-16(17)14-8-3-1-4-9-14/h1-13H. The fraction of sp³-hybridized carbons (Fsp3) is 0. The van der Waals surface area contributed by atoms with Gasteiger partial charge in [0.05, 0.1) is 10.6 Å². The average Bonchev–Trinajstić information content (AvgIpc) is 2.99. The van der Waals surface area contributed by atoms with Gasteiger partial charge in [0.15, 0.2) is 0 Å². The first-order valence-electron chi connectivity index (χ1n) is 6.23. The molecular formula is C16H13NO2S. The number of hydrogen-bond donors (Lipinski definition) is 0. The second kappa shape index (κ2) is 4.98. The van der Waals surface area contributed by atoms with Gasteiger partial charge < -0.3 is 0 Å². The first-order chi connectivity index (χ1) is 9.69. The van der Waals surface area contributed by atoms with Crippen LogP contribution in [0.1, 0.15) is 0 Å². The third kappa shape index (κ3) is 2.14. The van der Waals surface area contributed by atoms with Crippen molar-refractivity contribution in [2.75, 3.05) is 0 Å². The molecule has 1 aromatic heterocycles. The minimum Gasteiger partial charge on any atom is -0.241 e. The van der Waals surface area contributed by atoms with Gasteiger partial charge in [0, 0.05) is 6.20 Å². The molecule has 0 aliphatic rings. The topological polar surface area (TPSA) is 39.1 Å². The monoisotopic (exact) mass is 283 g/mol. The van der Waals surface area contributed by atoms with Crippen LogP contribution in [0.15, 0.2) is 83.9 Å². The number of benzene rings is 2. The first-order valence-corrected chi connectivity index (χ1v) is 7.67. The Balaban J connectivity index is 2.16. The number of nitrogens with zero attached hydrogens (tertiary/aromatic N) is 1. The summed E-state index contributed by atoms with van der Waals surface area (Å²) >= 11 is 0. The second-order valence-corrected chi connectivity index (χ2v) is 6.19. The Morgan fingerprint density at radius 1 is 0.700 bits per heavy atom. The predicted molar refractivity (Wildman–Crippen MR) is 78.9 cm³/mol. The van der Waals surface area contributed by atoms with Gasteiger partial charge in [0.2, 0.25) is 0 Å². The van der Waals surface area contributed by atoms with Gasteiger partial charge in [-0.3, -0.25) is 0 Å². The summed E-state index contributed by atoms with van der Waals surface area (Å²) in [5.41, 5.74) is 1.53. The van der Waals surface area contributed by atoms with Crippen molar-refractivity contribution >= 4 is 10.0 Å². The summed E-state index contributed by atoms with van der Waals surface area (Å²) in [7, 11) is -3.56.